The summed E-state index contributed by atoms with van der Waals surface area (Å²) in [5.41, 5.74) is 0.358. The van der Waals surface area contributed by atoms with E-state index in [0.717, 1.165) is 0 Å². The van der Waals surface area contributed by atoms with Crippen molar-refractivity contribution in [1.29, 1.82) is 0 Å². The zero-order chi connectivity index (χ0) is 5.98. The fourth-order valence-corrected chi connectivity index (χ4v) is 0.667. The largest absolute Gasteiger partial charge is 0.283 e. The lowest BCUT2D eigenvalue weighted by Gasteiger charge is -1.65. The van der Waals surface area contributed by atoms with Gasteiger partial charge in [-0.05, 0) is 15.9 Å². The van der Waals surface area contributed by atoms with Crippen LogP contribution in [0.1, 0.15) is 5.69 Å². The molecule has 3 nitrogen and oxygen atoms in total. The van der Waals surface area contributed by atoms with Crippen molar-refractivity contribution in [2.75, 3.05) is 0 Å². The van der Waals surface area contributed by atoms with Crippen LogP contribution in [0.5, 0.6) is 0 Å². The molecule has 1 rings (SSSR count). The molecule has 1 aromatic rings. The van der Waals surface area contributed by atoms with Crippen molar-refractivity contribution < 1.29 is 4.79 Å². The van der Waals surface area contributed by atoms with Gasteiger partial charge in [-0.15, -0.1) is 0 Å². The van der Waals surface area contributed by atoms with Crippen LogP contribution in [0.15, 0.2) is 10.7 Å². The molecule has 0 aliphatic rings. The maximum Gasteiger partial charge on any atom is 0.252 e. The molecule has 0 spiro atoms. The number of nitrogens with zero attached hydrogens (tertiary/aromatic N) is 1. The summed E-state index contributed by atoms with van der Waals surface area (Å²) in [7, 11) is 0. The van der Waals surface area contributed by atoms with E-state index in [1.165, 1.54) is 0 Å². The molecular weight excluding hydrogens is 172 g/mol. The van der Waals surface area contributed by atoms with Crippen LogP contribution in [-0.4, -0.2) is 16.5 Å². The second-order valence-electron chi connectivity index (χ2n) is 1.21. The molecule has 0 aliphatic carbocycles. The van der Waals surface area contributed by atoms with Crippen molar-refractivity contribution in [3.05, 3.63) is 16.4 Å². The van der Waals surface area contributed by atoms with E-state index in [4.69, 9.17) is 0 Å². The van der Waals surface area contributed by atoms with Gasteiger partial charge in [0, 0.05) is 6.07 Å². The minimum Gasteiger partial charge on any atom is -0.283 e. The lowest BCUT2D eigenvalue weighted by molar-refractivity contribution is 0.561. The highest BCUT2D eigenvalue weighted by Crippen LogP contribution is 2.03. The monoisotopic (exact) mass is 173 g/mol. The summed E-state index contributed by atoms with van der Waals surface area (Å²) in [5.74, 6) is 0. The Hall–Kier alpha value is -0.640. The molecule has 1 heterocycles. The van der Waals surface area contributed by atoms with Gasteiger partial charge in [0.05, 0.1) is 0 Å². The standard InChI is InChI=1S/C4H2BrN2O/c5-4-1-3(2-8)6-7-4/h1H,(H,6,7). The Morgan fingerprint density at radius 3 is 2.88 bits per heavy atom. The van der Waals surface area contributed by atoms with E-state index in [0.29, 0.717) is 10.3 Å². The van der Waals surface area contributed by atoms with E-state index >= 15 is 0 Å². The van der Waals surface area contributed by atoms with Crippen LogP contribution in [0.3, 0.4) is 0 Å². The smallest absolute Gasteiger partial charge is 0.252 e. The summed E-state index contributed by atoms with van der Waals surface area (Å²) in [6.45, 7) is 0. The van der Waals surface area contributed by atoms with Gasteiger partial charge in [-0.1, -0.05) is 0 Å². The number of carbonyl (C=O) groups excluding carboxylic acids is 1. The van der Waals surface area contributed by atoms with E-state index in [-0.39, 0.29) is 0 Å². The normalized spacial score (nSPS) is 9.12. The van der Waals surface area contributed by atoms with Crippen molar-refractivity contribution in [2.24, 2.45) is 0 Å². The Balaban J connectivity index is 3.00. The molecule has 1 radical (unpaired) electrons. The zero-order valence-electron chi connectivity index (χ0n) is 3.81. The first-order valence-electron chi connectivity index (χ1n) is 1.92. The minimum atomic E-state index is 0.358. The van der Waals surface area contributed by atoms with Gasteiger partial charge in [0.15, 0.2) is 0 Å². The molecule has 0 amide bonds. The van der Waals surface area contributed by atoms with Crippen LogP contribution in [0.25, 0.3) is 0 Å². The summed E-state index contributed by atoms with van der Waals surface area (Å²) in [6, 6.07) is 1.55. The van der Waals surface area contributed by atoms with Crippen LogP contribution in [0, 0.1) is 0 Å². The Morgan fingerprint density at radius 1 is 1.88 bits per heavy atom. The van der Waals surface area contributed by atoms with Crippen molar-refractivity contribution in [1.82, 2.24) is 10.2 Å². The molecule has 1 aromatic heterocycles. The summed E-state index contributed by atoms with van der Waals surface area (Å²) < 4.78 is 0.621. The Bertz CT molecular complexity index is 196. The summed E-state index contributed by atoms with van der Waals surface area (Å²) in [4.78, 5) is 9.80. The van der Waals surface area contributed by atoms with Crippen molar-refractivity contribution in [3.8, 4) is 0 Å². The Labute approximate surface area is 54.2 Å². The van der Waals surface area contributed by atoms with Crippen LogP contribution < -0.4 is 0 Å². The first-order chi connectivity index (χ1) is 3.83. The third-order valence-electron chi connectivity index (χ3n) is 0.657. The third-order valence-corrected chi connectivity index (χ3v) is 1.06. The predicted molar refractivity (Wildman–Crippen MR) is 31.1 cm³/mol. The lowest BCUT2D eigenvalue weighted by atomic mass is 10.5. The number of hydrogen-bond acceptors (Lipinski definition) is 2. The van der Waals surface area contributed by atoms with Crippen LogP contribution in [0.2, 0.25) is 0 Å². The number of nitrogens with one attached hydrogen (secondary N) is 1. The third kappa shape index (κ3) is 0.949. The highest BCUT2D eigenvalue weighted by molar-refractivity contribution is 9.10. The quantitative estimate of drug-likeness (QED) is 0.678. The Kier molecular flexibility index (Phi) is 1.43. The molecule has 0 saturated heterocycles. The molecule has 1 N–H and O–H groups in total. The number of aromatic amines is 1. The summed E-state index contributed by atoms with van der Waals surface area (Å²) >= 11 is 3.05. The van der Waals surface area contributed by atoms with Gasteiger partial charge in [0.2, 0.25) is 0 Å². The molecule has 8 heavy (non-hydrogen) atoms. The van der Waals surface area contributed by atoms with E-state index in [2.05, 4.69) is 26.1 Å². The minimum absolute atomic E-state index is 0.358. The molecule has 0 aliphatic heterocycles. The van der Waals surface area contributed by atoms with Gasteiger partial charge in [-0.2, -0.15) is 5.10 Å². The second-order valence-corrected chi connectivity index (χ2v) is 2.02. The second kappa shape index (κ2) is 2.09. The molecule has 0 unspecified atom stereocenters. The predicted octanol–water partition coefficient (Wildman–Crippen LogP) is 0.630. The summed E-state index contributed by atoms with van der Waals surface area (Å²) in [5, 5.41) is 6.05. The first-order valence-corrected chi connectivity index (χ1v) is 2.71. The molecule has 0 fully saturated rings. The van der Waals surface area contributed by atoms with Gasteiger partial charge < -0.3 is 0 Å². The van der Waals surface area contributed by atoms with Crippen LogP contribution in [0.4, 0.5) is 0 Å². The fourth-order valence-electron chi connectivity index (χ4n) is 0.350. The Morgan fingerprint density at radius 2 is 2.62 bits per heavy atom. The molecule has 0 saturated carbocycles. The maximum absolute atomic E-state index is 9.80. The average Bonchev–Trinajstić information content (AvgIpc) is 2.14. The van der Waals surface area contributed by atoms with Crippen molar-refractivity contribution in [2.45, 2.75) is 0 Å². The molecule has 41 valence electrons. The van der Waals surface area contributed by atoms with Crippen molar-refractivity contribution in [3.63, 3.8) is 0 Å². The fraction of sp³-hybridized carbons (Fsp3) is 0. The van der Waals surface area contributed by atoms with Crippen LogP contribution in [-0.2, 0) is 4.79 Å². The van der Waals surface area contributed by atoms with Crippen LogP contribution >= 0.6 is 15.9 Å². The van der Waals surface area contributed by atoms with E-state index < -0.39 is 0 Å². The number of aromatic nitrogens is 2. The number of halogens is 1. The molecule has 0 aromatic carbocycles. The van der Waals surface area contributed by atoms with E-state index in [1.54, 1.807) is 12.4 Å². The van der Waals surface area contributed by atoms with E-state index in [9.17, 15) is 4.79 Å². The molecular formula is C4H2BrN2O. The van der Waals surface area contributed by atoms with Gasteiger partial charge >= 0.3 is 0 Å². The van der Waals surface area contributed by atoms with E-state index in [1.807, 2.05) is 0 Å². The van der Waals surface area contributed by atoms with Gasteiger partial charge in [0.25, 0.3) is 6.29 Å². The van der Waals surface area contributed by atoms with Gasteiger partial charge in [-0.25, -0.2) is 0 Å². The number of H-pyrrole nitrogens is 1. The SMILES string of the molecule is O=[C]c1cc(Br)n[nH]1. The maximum atomic E-state index is 9.80. The first kappa shape index (κ1) is 5.50. The molecule has 0 atom stereocenters. The van der Waals surface area contributed by atoms with Crippen molar-refractivity contribution >= 4 is 22.2 Å². The highest BCUT2D eigenvalue weighted by Gasteiger charge is 1.93. The summed E-state index contributed by atoms with van der Waals surface area (Å²) in [6.07, 6.45) is 1.65. The average molecular weight is 174 g/mol. The number of hydrogen-bond donors (Lipinski definition) is 1. The van der Waals surface area contributed by atoms with Gasteiger partial charge in [-0.3, -0.25) is 9.89 Å². The molecule has 4 heteroatoms. The van der Waals surface area contributed by atoms with Gasteiger partial charge in [0.1, 0.15) is 10.3 Å². The molecule has 0 bridgehead atoms. The highest BCUT2D eigenvalue weighted by atomic mass is 79.9. The zero-order valence-corrected chi connectivity index (χ0v) is 5.40. The topological polar surface area (TPSA) is 45.8 Å². The number of rotatable bonds is 1. The lowest BCUT2D eigenvalue weighted by Crippen LogP contribution is -1.76.